The molecule has 0 aliphatic carbocycles. The zero-order valence-corrected chi connectivity index (χ0v) is 17.2. The summed E-state index contributed by atoms with van der Waals surface area (Å²) in [6, 6.07) is 0. The minimum absolute atomic E-state index is 0.603. The molecule has 0 bridgehead atoms. The van der Waals surface area contributed by atoms with E-state index in [-0.39, 0.29) is 0 Å². The minimum Gasteiger partial charge on any atom is -0.382 e. The Bertz CT molecular complexity index is 397. The molecule has 2 fully saturated rings. The van der Waals surface area contributed by atoms with E-state index in [2.05, 4.69) is 29.0 Å². The number of nitrogens with zero attached hydrogens (tertiary/aromatic N) is 3. The van der Waals surface area contributed by atoms with Gasteiger partial charge in [0, 0.05) is 39.2 Å². The number of piperidine rings is 1. The number of rotatable bonds is 10. The number of likely N-dealkylation sites (tertiary alicyclic amines) is 2. The number of aliphatic imine (C=N–C) groups is 1. The van der Waals surface area contributed by atoms with E-state index in [1.165, 1.54) is 38.9 Å². The minimum atomic E-state index is 0.603. The van der Waals surface area contributed by atoms with Gasteiger partial charge < -0.3 is 24.6 Å². The Morgan fingerprint density at radius 1 is 1.15 bits per heavy atom. The fourth-order valence-corrected chi connectivity index (χ4v) is 3.74. The van der Waals surface area contributed by atoms with Crippen LogP contribution in [0.15, 0.2) is 4.99 Å². The Labute approximate surface area is 160 Å². The fraction of sp³-hybridized carbons (Fsp3) is 0.950. The van der Waals surface area contributed by atoms with Crippen LogP contribution in [0.5, 0.6) is 0 Å². The molecular formula is C20H40N4O2. The van der Waals surface area contributed by atoms with Crippen LogP contribution in [0.4, 0.5) is 0 Å². The smallest absolute Gasteiger partial charge is 0.193 e. The molecule has 0 spiro atoms. The first kappa shape index (κ1) is 21.5. The number of methoxy groups -OCH3 is 1. The molecule has 2 aliphatic rings. The molecule has 0 amide bonds. The van der Waals surface area contributed by atoms with E-state index in [1.54, 1.807) is 7.11 Å². The second kappa shape index (κ2) is 12.5. The summed E-state index contributed by atoms with van der Waals surface area (Å²) in [6.45, 7) is 14.4. The van der Waals surface area contributed by atoms with Gasteiger partial charge in [0.05, 0.1) is 19.8 Å². The topological polar surface area (TPSA) is 49.3 Å². The van der Waals surface area contributed by atoms with Crippen molar-refractivity contribution in [2.45, 2.75) is 39.5 Å². The monoisotopic (exact) mass is 368 g/mol. The molecule has 2 heterocycles. The van der Waals surface area contributed by atoms with Crippen LogP contribution in [-0.2, 0) is 9.47 Å². The lowest BCUT2D eigenvalue weighted by atomic mass is 9.99. The van der Waals surface area contributed by atoms with Crippen molar-refractivity contribution in [3.05, 3.63) is 0 Å². The van der Waals surface area contributed by atoms with Crippen molar-refractivity contribution in [2.75, 3.05) is 72.7 Å². The summed E-state index contributed by atoms with van der Waals surface area (Å²) in [5, 5.41) is 3.47. The first-order valence-corrected chi connectivity index (χ1v) is 10.5. The van der Waals surface area contributed by atoms with Gasteiger partial charge in [0.25, 0.3) is 0 Å². The molecule has 26 heavy (non-hydrogen) atoms. The van der Waals surface area contributed by atoms with Crippen LogP contribution in [0.3, 0.4) is 0 Å². The van der Waals surface area contributed by atoms with Gasteiger partial charge in [-0.25, -0.2) is 0 Å². The van der Waals surface area contributed by atoms with Gasteiger partial charge in [-0.3, -0.25) is 4.99 Å². The van der Waals surface area contributed by atoms with Crippen LogP contribution in [0.25, 0.3) is 0 Å². The van der Waals surface area contributed by atoms with E-state index in [0.717, 1.165) is 51.1 Å². The maximum Gasteiger partial charge on any atom is 0.193 e. The van der Waals surface area contributed by atoms with E-state index in [1.807, 2.05) is 0 Å². The van der Waals surface area contributed by atoms with Crippen molar-refractivity contribution in [3.63, 3.8) is 0 Å². The van der Waals surface area contributed by atoms with E-state index >= 15 is 0 Å². The van der Waals surface area contributed by atoms with Crippen molar-refractivity contribution in [1.82, 2.24) is 15.1 Å². The Morgan fingerprint density at radius 2 is 1.96 bits per heavy atom. The lowest BCUT2D eigenvalue weighted by Crippen LogP contribution is -2.40. The highest BCUT2D eigenvalue weighted by molar-refractivity contribution is 5.80. The molecule has 0 saturated carbocycles. The van der Waals surface area contributed by atoms with E-state index in [4.69, 9.17) is 14.5 Å². The third kappa shape index (κ3) is 7.80. The summed E-state index contributed by atoms with van der Waals surface area (Å²) in [6.07, 6.45) is 5.05. The van der Waals surface area contributed by atoms with Crippen molar-refractivity contribution in [3.8, 4) is 0 Å². The molecule has 2 saturated heterocycles. The zero-order valence-electron chi connectivity index (χ0n) is 17.2. The Kier molecular flexibility index (Phi) is 10.3. The number of nitrogens with one attached hydrogen (secondary N) is 1. The molecule has 0 radical (unpaired) electrons. The summed E-state index contributed by atoms with van der Waals surface area (Å²) < 4.78 is 10.7. The second-order valence-electron chi connectivity index (χ2n) is 7.78. The third-order valence-corrected chi connectivity index (χ3v) is 5.48. The van der Waals surface area contributed by atoms with Crippen LogP contribution < -0.4 is 5.32 Å². The number of ether oxygens (including phenoxy) is 2. The number of hydrogen-bond acceptors (Lipinski definition) is 4. The standard InChI is InChI=1S/C20H40N4O2/c1-4-21-20(22-9-5-10-23-11-6-18(2)7-12-23)24-13-8-19(16-24)17-26-15-14-25-3/h18-19H,4-17H2,1-3H3,(H,21,22). The van der Waals surface area contributed by atoms with Gasteiger partial charge in [0.2, 0.25) is 0 Å². The highest BCUT2D eigenvalue weighted by Crippen LogP contribution is 2.17. The van der Waals surface area contributed by atoms with Crippen LogP contribution in [0.2, 0.25) is 0 Å². The molecule has 1 atom stereocenters. The fourth-order valence-electron chi connectivity index (χ4n) is 3.74. The van der Waals surface area contributed by atoms with Crippen molar-refractivity contribution >= 4 is 5.96 Å². The molecule has 2 aliphatic heterocycles. The normalized spacial score (nSPS) is 23.0. The number of guanidine groups is 1. The summed E-state index contributed by atoms with van der Waals surface area (Å²) in [5.41, 5.74) is 0. The molecule has 0 aromatic rings. The van der Waals surface area contributed by atoms with E-state index in [9.17, 15) is 0 Å². The van der Waals surface area contributed by atoms with E-state index in [0.29, 0.717) is 19.1 Å². The largest absolute Gasteiger partial charge is 0.382 e. The quantitative estimate of drug-likeness (QED) is 0.363. The van der Waals surface area contributed by atoms with Crippen LogP contribution in [0, 0.1) is 11.8 Å². The first-order valence-electron chi connectivity index (χ1n) is 10.5. The molecule has 152 valence electrons. The lowest BCUT2D eigenvalue weighted by molar-refractivity contribution is 0.0536. The highest BCUT2D eigenvalue weighted by atomic mass is 16.5. The van der Waals surface area contributed by atoms with Crippen LogP contribution in [-0.4, -0.2) is 88.5 Å². The summed E-state index contributed by atoms with van der Waals surface area (Å²) in [4.78, 5) is 9.89. The Balaban J connectivity index is 1.67. The van der Waals surface area contributed by atoms with Crippen LogP contribution in [0.1, 0.15) is 39.5 Å². The molecule has 1 unspecified atom stereocenters. The van der Waals surface area contributed by atoms with Crippen molar-refractivity contribution < 1.29 is 9.47 Å². The van der Waals surface area contributed by atoms with Gasteiger partial charge in [-0.2, -0.15) is 0 Å². The number of hydrogen-bond donors (Lipinski definition) is 1. The predicted octanol–water partition coefficient (Wildman–Crippen LogP) is 2.06. The lowest BCUT2D eigenvalue weighted by Gasteiger charge is -2.30. The summed E-state index contributed by atoms with van der Waals surface area (Å²) in [7, 11) is 1.71. The highest BCUT2D eigenvalue weighted by Gasteiger charge is 2.25. The Hall–Kier alpha value is -0.850. The van der Waals surface area contributed by atoms with Gasteiger partial charge >= 0.3 is 0 Å². The first-order chi connectivity index (χ1) is 12.7. The van der Waals surface area contributed by atoms with Gasteiger partial charge in [-0.05, 0) is 58.2 Å². The molecule has 0 aromatic heterocycles. The van der Waals surface area contributed by atoms with E-state index < -0.39 is 0 Å². The molecule has 2 rings (SSSR count). The van der Waals surface area contributed by atoms with Crippen LogP contribution >= 0.6 is 0 Å². The Morgan fingerprint density at radius 3 is 2.69 bits per heavy atom. The average molecular weight is 369 g/mol. The average Bonchev–Trinajstić information content (AvgIpc) is 3.12. The molecule has 6 heteroatoms. The third-order valence-electron chi connectivity index (χ3n) is 5.48. The van der Waals surface area contributed by atoms with Gasteiger partial charge in [-0.15, -0.1) is 0 Å². The maximum atomic E-state index is 5.70. The molecular weight excluding hydrogens is 328 g/mol. The maximum absolute atomic E-state index is 5.70. The van der Waals surface area contributed by atoms with Gasteiger partial charge in [0.15, 0.2) is 5.96 Å². The molecule has 6 nitrogen and oxygen atoms in total. The molecule has 0 aromatic carbocycles. The van der Waals surface area contributed by atoms with Gasteiger partial charge in [-0.1, -0.05) is 6.92 Å². The second-order valence-corrected chi connectivity index (χ2v) is 7.78. The van der Waals surface area contributed by atoms with Gasteiger partial charge in [0.1, 0.15) is 0 Å². The zero-order chi connectivity index (χ0) is 18.6. The predicted molar refractivity (Wildman–Crippen MR) is 108 cm³/mol. The SMILES string of the molecule is CCNC(=NCCCN1CCC(C)CC1)N1CCC(COCCOC)C1. The van der Waals surface area contributed by atoms with Crippen molar-refractivity contribution in [2.24, 2.45) is 16.8 Å². The molecule has 1 N–H and O–H groups in total. The van der Waals surface area contributed by atoms with Crippen molar-refractivity contribution in [1.29, 1.82) is 0 Å². The summed E-state index contributed by atoms with van der Waals surface area (Å²) >= 11 is 0. The summed E-state index contributed by atoms with van der Waals surface area (Å²) in [5.74, 6) is 2.59.